The van der Waals surface area contributed by atoms with Crippen molar-refractivity contribution < 1.29 is 28.2 Å². The lowest BCUT2D eigenvalue weighted by Crippen LogP contribution is -2.36. The SMILES string of the molecule is COCc1ccc([C@@H](NC(=O)O)C(=O)Nc2cc(F)c(C(C)(C)C)c(F)c2)cc1. The monoisotopic (exact) mass is 406 g/mol. The van der Waals surface area contributed by atoms with Crippen LogP contribution in [0.3, 0.4) is 0 Å². The zero-order valence-corrected chi connectivity index (χ0v) is 16.7. The minimum Gasteiger partial charge on any atom is -0.465 e. The highest BCUT2D eigenvalue weighted by Crippen LogP contribution is 2.30. The lowest BCUT2D eigenvalue weighted by molar-refractivity contribution is -0.118. The number of anilines is 1. The van der Waals surface area contributed by atoms with Crippen molar-refractivity contribution in [3.63, 3.8) is 0 Å². The fourth-order valence-corrected chi connectivity index (χ4v) is 2.97. The van der Waals surface area contributed by atoms with Crippen LogP contribution >= 0.6 is 0 Å². The molecule has 0 bridgehead atoms. The van der Waals surface area contributed by atoms with E-state index in [-0.39, 0.29) is 11.3 Å². The number of halogens is 2. The first-order valence-corrected chi connectivity index (χ1v) is 8.90. The van der Waals surface area contributed by atoms with E-state index < -0.39 is 35.1 Å². The normalized spacial score (nSPS) is 12.3. The average Bonchev–Trinajstić information content (AvgIpc) is 2.58. The molecule has 2 aromatic carbocycles. The summed E-state index contributed by atoms with van der Waals surface area (Å²) in [5, 5.41) is 13.6. The number of benzene rings is 2. The van der Waals surface area contributed by atoms with Gasteiger partial charge < -0.3 is 20.5 Å². The molecule has 0 heterocycles. The van der Waals surface area contributed by atoms with Crippen molar-refractivity contribution >= 4 is 17.7 Å². The molecular formula is C21H24F2N2O4. The fourth-order valence-electron chi connectivity index (χ4n) is 2.97. The molecule has 0 aliphatic heterocycles. The molecule has 8 heteroatoms. The first-order valence-electron chi connectivity index (χ1n) is 8.90. The van der Waals surface area contributed by atoms with Crippen LogP contribution in [0.5, 0.6) is 0 Å². The second-order valence-corrected chi connectivity index (χ2v) is 7.61. The predicted molar refractivity (Wildman–Crippen MR) is 105 cm³/mol. The highest BCUT2D eigenvalue weighted by Gasteiger charge is 2.26. The number of carboxylic acid groups (broad SMARTS) is 1. The molecule has 0 unspecified atom stereocenters. The minimum absolute atomic E-state index is 0.0931. The second-order valence-electron chi connectivity index (χ2n) is 7.61. The molecule has 156 valence electrons. The van der Waals surface area contributed by atoms with Crippen LogP contribution in [0, 0.1) is 11.6 Å². The van der Waals surface area contributed by atoms with E-state index in [0.717, 1.165) is 17.7 Å². The van der Waals surface area contributed by atoms with Crippen LogP contribution in [0.4, 0.5) is 19.3 Å². The van der Waals surface area contributed by atoms with E-state index in [0.29, 0.717) is 12.2 Å². The molecule has 0 saturated heterocycles. The number of amides is 2. The van der Waals surface area contributed by atoms with Crippen LogP contribution < -0.4 is 10.6 Å². The number of hydrogen-bond donors (Lipinski definition) is 3. The van der Waals surface area contributed by atoms with Gasteiger partial charge in [0.15, 0.2) is 0 Å². The van der Waals surface area contributed by atoms with E-state index in [2.05, 4.69) is 10.6 Å². The summed E-state index contributed by atoms with van der Waals surface area (Å²) >= 11 is 0. The van der Waals surface area contributed by atoms with Crippen LogP contribution in [-0.2, 0) is 21.6 Å². The van der Waals surface area contributed by atoms with Crippen LogP contribution in [0.15, 0.2) is 36.4 Å². The predicted octanol–water partition coefficient (Wildman–Crippen LogP) is 4.36. The molecule has 2 aromatic rings. The van der Waals surface area contributed by atoms with Gasteiger partial charge in [0.05, 0.1) is 6.61 Å². The summed E-state index contributed by atoms with van der Waals surface area (Å²) in [6.45, 7) is 5.38. The number of carbonyl (C=O) groups is 2. The van der Waals surface area contributed by atoms with Gasteiger partial charge in [-0.3, -0.25) is 4.79 Å². The van der Waals surface area contributed by atoms with Gasteiger partial charge in [0.25, 0.3) is 5.91 Å². The van der Waals surface area contributed by atoms with E-state index in [4.69, 9.17) is 9.84 Å². The van der Waals surface area contributed by atoms with Crippen molar-refractivity contribution in [1.29, 1.82) is 0 Å². The summed E-state index contributed by atoms with van der Waals surface area (Å²) in [5.41, 5.74) is 0.258. The molecule has 0 aliphatic carbocycles. The minimum atomic E-state index is -1.41. The lowest BCUT2D eigenvalue weighted by Gasteiger charge is -2.22. The van der Waals surface area contributed by atoms with Crippen molar-refractivity contribution in [2.45, 2.75) is 38.8 Å². The average molecular weight is 406 g/mol. The van der Waals surface area contributed by atoms with E-state index >= 15 is 0 Å². The molecule has 0 aliphatic rings. The standard InChI is InChI=1S/C21H24F2N2O4/c1-21(2,3)17-15(22)9-14(10-16(17)23)24-19(26)18(25-20(27)28)13-7-5-12(6-8-13)11-29-4/h5-10,18,25H,11H2,1-4H3,(H,24,26)(H,27,28)/t18-/m1/s1. The summed E-state index contributed by atoms with van der Waals surface area (Å²) in [7, 11) is 1.54. The maximum Gasteiger partial charge on any atom is 0.405 e. The van der Waals surface area contributed by atoms with Crippen LogP contribution in [0.25, 0.3) is 0 Å². The van der Waals surface area contributed by atoms with Gasteiger partial charge in [-0.2, -0.15) is 0 Å². The summed E-state index contributed by atoms with van der Waals surface area (Å²) in [6.07, 6.45) is -1.41. The Morgan fingerprint density at radius 1 is 1.10 bits per heavy atom. The maximum absolute atomic E-state index is 14.4. The Morgan fingerprint density at radius 3 is 2.10 bits per heavy atom. The van der Waals surface area contributed by atoms with E-state index in [1.165, 1.54) is 0 Å². The van der Waals surface area contributed by atoms with E-state index in [1.807, 2.05) is 0 Å². The van der Waals surface area contributed by atoms with Crippen LogP contribution in [0.2, 0.25) is 0 Å². The van der Waals surface area contributed by atoms with Crippen molar-refractivity contribution in [1.82, 2.24) is 5.32 Å². The van der Waals surface area contributed by atoms with E-state index in [1.54, 1.807) is 52.1 Å². The number of hydrogen-bond acceptors (Lipinski definition) is 3. The molecule has 0 fully saturated rings. The van der Waals surface area contributed by atoms with Gasteiger partial charge in [0, 0.05) is 18.4 Å². The lowest BCUT2D eigenvalue weighted by atomic mass is 9.86. The van der Waals surface area contributed by atoms with Crippen molar-refractivity contribution in [2.24, 2.45) is 0 Å². The van der Waals surface area contributed by atoms with E-state index in [9.17, 15) is 18.4 Å². The Labute approximate surface area is 167 Å². The zero-order chi connectivity index (χ0) is 21.8. The van der Waals surface area contributed by atoms with Gasteiger partial charge in [-0.15, -0.1) is 0 Å². The topological polar surface area (TPSA) is 87.7 Å². The summed E-state index contributed by atoms with van der Waals surface area (Å²) in [5.74, 6) is -2.35. The zero-order valence-electron chi connectivity index (χ0n) is 16.7. The number of carbonyl (C=O) groups excluding carboxylic acids is 1. The largest absolute Gasteiger partial charge is 0.465 e. The van der Waals surface area contributed by atoms with Gasteiger partial charge in [-0.05, 0) is 28.7 Å². The third kappa shape index (κ3) is 5.74. The van der Waals surface area contributed by atoms with Gasteiger partial charge in [0.2, 0.25) is 0 Å². The Kier molecular flexibility index (Phi) is 6.92. The molecular weight excluding hydrogens is 382 g/mol. The van der Waals surface area contributed by atoms with Gasteiger partial charge in [-0.25, -0.2) is 13.6 Å². The second kappa shape index (κ2) is 9.00. The van der Waals surface area contributed by atoms with Crippen molar-refractivity contribution in [3.8, 4) is 0 Å². The number of rotatable bonds is 6. The number of ether oxygens (including phenoxy) is 1. The smallest absolute Gasteiger partial charge is 0.405 e. The third-order valence-corrected chi connectivity index (χ3v) is 4.21. The van der Waals surface area contributed by atoms with Gasteiger partial charge >= 0.3 is 6.09 Å². The molecule has 6 nitrogen and oxygen atoms in total. The molecule has 3 N–H and O–H groups in total. The quantitative estimate of drug-likeness (QED) is 0.665. The summed E-state index contributed by atoms with van der Waals surface area (Å²) in [4.78, 5) is 23.8. The molecule has 0 spiro atoms. The first kappa shape index (κ1) is 22.3. The Bertz CT molecular complexity index is 870. The molecule has 1 atom stereocenters. The Hall–Kier alpha value is -3.00. The first-order chi connectivity index (χ1) is 13.5. The van der Waals surface area contributed by atoms with Crippen LogP contribution in [-0.4, -0.2) is 24.2 Å². The van der Waals surface area contributed by atoms with Crippen LogP contribution in [0.1, 0.15) is 43.5 Å². The van der Waals surface area contributed by atoms with Crippen molar-refractivity contribution in [3.05, 3.63) is 64.7 Å². The molecule has 0 radical (unpaired) electrons. The third-order valence-electron chi connectivity index (χ3n) is 4.21. The molecule has 0 aromatic heterocycles. The summed E-state index contributed by atoms with van der Waals surface area (Å²) in [6, 6.07) is 7.32. The highest BCUT2D eigenvalue weighted by molar-refractivity contribution is 5.97. The Balaban J connectivity index is 2.29. The molecule has 0 saturated carbocycles. The highest BCUT2D eigenvalue weighted by atomic mass is 19.1. The fraction of sp³-hybridized carbons (Fsp3) is 0.333. The number of methoxy groups -OCH3 is 1. The molecule has 29 heavy (non-hydrogen) atoms. The summed E-state index contributed by atoms with van der Waals surface area (Å²) < 4.78 is 33.8. The van der Waals surface area contributed by atoms with Gasteiger partial charge in [0.1, 0.15) is 17.7 Å². The van der Waals surface area contributed by atoms with Crippen molar-refractivity contribution in [2.75, 3.05) is 12.4 Å². The maximum atomic E-state index is 14.4. The molecule has 2 rings (SSSR count). The number of nitrogens with one attached hydrogen (secondary N) is 2. The Morgan fingerprint density at radius 2 is 1.66 bits per heavy atom. The van der Waals surface area contributed by atoms with Gasteiger partial charge in [-0.1, -0.05) is 45.0 Å². The molecule has 2 amide bonds.